The maximum Gasteiger partial charge on any atom is 0.300 e. The quantitative estimate of drug-likeness (QED) is 0.778. The molecule has 28 heavy (non-hydrogen) atoms. The first kappa shape index (κ1) is 18.9. The maximum atomic E-state index is 14.3. The van der Waals surface area contributed by atoms with Crippen molar-refractivity contribution in [2.24, 2.45) is 0 Å². The van der Waals surface area contributed by atoms with E-state index in [4.69, 9.17) is 9.47 Å². The molecule has 5 nitrogen and oxygen atoms in total. The van der Waals surface area contributed by atoms with Gasteiger partial charge >= 0.3 is 6.01 Å². The van der Waals surface area contributed by atoms with Gasteiger partial charge in [-0.2, -0.15) is 13.8 Å². The fourth-order valence-corrected chi connectivity index (χ4v) is 3.91. The summed E-state index contributed by atoms with van der Waals surface area (Å²) in [5.74, 6) is -2.40. The van der Waals surface area contributed by atoms with Crippen LogP contribution in [-0.2, 0) is 25.3 Å². The molecule has 1 aromatic carbocycles. The van der Waals surface area contributed by atoms with Crippen LogP contribution in [0.25, 0.3) is 0 Å². The molecule has 0 spiro atoms. The zero-order valence-electron chi connectivity index (χ0n) is 16.3. The molecule has 0 bridgehead atoms. The Labute approximate surface area is 162 Å². The molecule has 1 aromatic heterocycles. The monoisotopic (exact) mass is 390 g/mol. The molecular weight excluding hydrogens is 366 g/mol. The van der Waals surface area contributed by atoms with Crippen LogP contribution in [0.1, 0.15) is 50.4 Å². The second-order valence-electron chi connectivity index (χ2n) is 8.03. The lowest BCUT2D eigenvalue weighted by Crippen LogP contribution is -2.45. The van der Waals surface area contributed by atoms with Gasteiger partial charge in [0.1, 0.15) is 11.4 Å². The summed E-state index contributed by atoms with van der Waals surface area (Å²) in [5.41, 5.74) is 0.750. The molecule has 0 unspecified atom stereocenters. The van der Waals surface area contributed by atoms with Gasteiger partial charge in [0.05, 0.1) is 12.2 Å². The molecule has 0 radical (unpaired) electrons. The fourth-order valence-electron chi connectivity index (χ4n) is 3.91. The summed E-state index contributed by atoms with van der Waals surface area (Å²) in [6.45, 7) is 5.23. The van der Waals surface area contributed by atoms with Gasteiger partial charge in [0.2, 0.25) is 0 Å². The molecule has 0 saturated heterocycles. The van der Waals surface area contributed by atoms with E-state index >= 15 is 0 Å². The lowest BCUT2D eigenvalue weighted by Gasteiger charge is -2.31. The molecule has 1 aliphatic carbocycles. The van der Waals surface area contributed by atoms with Crippen LogP contribution in [0, 0.1) is 0 Å². The first-order valence-electron chi connectivity index (χ1n) is 9.67. The average molecular weight is 390 g/mol. The Kier molecular flexibility index (Phi) is 4.43. The minimum Gasteiger partial charge on any atom is -0.484 e. The third kappa shape index (κ3) is 3.27. The topological polar surface area (TPSA) is 53.4 Å². The van der Waals surface area contributed by atoms with Gasteiger partial charge < -0.3 is 9.47 Å². The van der Waals surface area contributed by atoms with Crippen molar-refractivity contribution in [3.8, 4) is 11.8 Å². The van der Waals surface area contributed by atoms with E-state index in [2.05, 4.69) is 11.1 Å². The zero-order valence-corrected chi connectivity index (χ0v) is 16.3. The molecule has 2 aromatic rings. The van der Waals surface area contributed by atoms with Gasteiger partial charge in [-0.05, 0) is 56.4 Å². The molecule has 0 amide bonds. The van der Waals surface area contributed by atoms with Crippen molar-refractivity contribution in [2.45, 2.75) is 70.6 Å². The Bertz CT molecular complexity index is 969. The smallest absolute Gasteiger partial charge is 0.300 e. The van der Waals surface area contributed by atoms with Crippen molar-refractivity contribution >= 4 is 0 Å². The number of fused-ring (bicyclic) bond motifs is 2. The Hall–Kier alpha value is -2.44. The number of ether oxygens (including phenoxy) is 2. The van der Waals surface area contributed by atoms with Crippen LogP contribution in [0.3, 0.4) is 0 Å². The van der Waals surface area contributed by atoms with Crippen molar-refractivity contribution in [3.63, 3.8) is 0 Å². The average Bonchev–Trinajstić information content (AvgIpc) is 3.26. The largest absolute Gasteiger partial charge is 0.484 e. The standard InChI is InChI=1S/C21H24F2N2O3/c1-4-21(22,23)16-11-18(26)24-19-25(16)12-17(27-19)20(2,3)28-15-9-8-13-6-5-7-14(13)10-15/h8-11,17H,4-7,12H2,1-3H3/t17-/m0/s1. The van der Waals surface area contributed by atoms with Gasteiger partial charge in [-0.1, -0.05) is 13.0 Å². The second kappa shape index (κ2) is 6.57. The Morgan fingerprint density at radius 3 is 2.75 bits per heavy atom. The van der Waals surface area contributed by atoms with Crippen molar-refractivity contribution in [3.05, 3.63) is 51.4 Å². The molecule has 1 atom stereocenters. The van der Waals surface area contributed by atoms with E-state index in [1.165, 1.54) is 22.6 Å². The third-order valence-corrected chi connectivity index (χ3v) is 5.63. The summed E-state index contributed by atoms with van der Waals surface area (Å²) in [6, 6.07) is 6.88. The maximum absolute atomic E-state index is 14.3. The lowest BCUT2D eigenvalue weighted by atomic mass is 10.0. The minimum atomic E-state index is -3.12. The van der Waals surface area contributed by atoms with E-state index in [1.807, 2.05) is 26.0 Å². The highest BCUT2D eigenvalue weighted by molar-refractivity contribution is 5.38. The van der Waals surface area contributed by atoms with Crippen LogP contribution < -0.4 is 15.0 Å². The van der Waals surface area contributed by atoms with E-state index < -0.39 is 29.6 Å². The van der Waals surface area contributed by atoms with Crippen molar-refractivity contribution in [1.82, 2.24) is 9.55 Å². The SMILES string of the molecule is CCC(F)(F)c1cc(=O)nc2n1C[C@@H](C(C)(C)Oc1ccc3c(c1)CCC3)O2. The van der Waals surface area contributed by atoms with Crippen LogP contribution in [0.2, 0.25) is 0 Å². The molecule has 0 fully saturated rings. The van der Waals surface area contributed by atoms with Crippen molar-refractivity contribution < 1.29 is 18.3 Å². The molecular formula is C21H24F2N2O3. The van der Waals surface area contributed by atoms with E-state index in [0.717, 1.165) is 31.1 Å². The highest BCUT2D eigenvalue weighted by atomic mass is 19.3. The summed E-state index contributed by atoms with van der Waals surface area (Å²) in [7, 11) is 0. The number of alkyl halides is 2. The fraction of sp³-hybridized carbons (Fsp3) is 0.524. The number of rotatable bonds is 5. The van der Waals surface area contributed by atoms with E-state index in [1.54, 1.807) is 0 Å². The van der Waals surface area contributed by atoms with E-state index in [0.29, 0.717) is 0 Å². The highest BCUT2D eigenvalue weighted by Crippen LogP contribution is 2.37. The molecule has 1 aliphatic heterocycles. The third-order valence-electron chi connectivity index (χ3n) is 5.63. The summed E-state index contributed by atoms with van der Waals surface area (Å²) in [5, 5.41) is 0. The molecule has 0 saturated carbocycles. The van der Waals surface area contributed by atoms with Crippen LogP contribution in [0.4, 0.5) is 8.78 Å². The molecule has 2 aliphatic rings. The number of aryl methyl sites for hydroxylation is 2. The molecule has 4 rings (SSSR count). The van der Waals surface area contributed by atoms with Gasteiger partial charge in [-0.3, -0.25) is 9.36 Å². The van der Waals surface area contributed by atoms with Crippen LogP contribution in [0.15, 0.2) is 29.1 Å². The highest BCUT2D eigenvalue weighted by Gasteiger charge is 2.43. The van der Waals surface area contributed by atoms with Crippen LogP contribution in [-0.4, -0.2) is 21.3 Å². The van der Waals surface area contributed by atoms with Gasteiger partial charge in [0.25, 0.3) is 11.5 Å². The molecule has 7 heteroatoms. The van der Waals surface area contributed by atoms with Crippen molar-refractivity contribution in [2.75, 3.05) is 0 Å². The van der Waals surface area contributed by atoms with E-state index in [9.17, 15) is 13.6 Å². The number of hydrogen-bond acceptors (Lipinski definition) is 4. The summed E-state index contributed by atoms with van der Waals surface area (Å²) in [4.78, 5) is 15.6. The zero-order chi connectivity index (χ0) is 20.1. The van der Waals surface area contributed by atoms with Crippen molar-refractivity contribution in [1.29, 1.82) is 0 Å². The Morgan fingerprint density at radius 2 is 2.00 bits per heavy atom. The summed E-state index contributed by atoms with van der Waals surface area (Å²) in [6.07, 6.45) is 2.32. The van der Waals surface area contributed by atoms with Crippen LogP contribution >= 0.6 is 0 Å². The predicted molar refractivity (Wildman–Crippen MR) is 100 cm³/mol. The molecule has 0 N–H and O–H groups in total. The first-order valence-corrected chi connectivity index (χ1v) is 9.67. The van der Waals surface area contributed by atoms with Gasteiger partial charge in [-0.15, -0.1) is 0 Å². The van der Waals surface area contributed by atoms with Gasteiger partial charge in [-0.25, -0.2) is 0 Å². The number of nitrogens with zero attached hydrogens (tertiary/aromatic N) is 2. The summed E-state index contributed by atoms with van der Waals surface area (Å²) < 4.78 is 42.0. The number of halogens is 2. The first-order chi connectivity index (χ1) is 13.2. The number of benzene rings is 1. The van der Waals surface area contributed by atoms with Crippen LogP contribution in [0.5, 0.6) is 11.8 Å². The van der Waals surface area contributed by atoms with E-state index in [-0.39, 0.29) is 18.2 Å². The van der Waals surface area contributed by atoms with Gasteiger partial charge in [0, 0.05) is 12.5 Å². The number of aromatic nitrogens is 2. The minimum absolute atomic E-state index is 0.0775. The second-order valence-corrected chi connectivity index (χ2v) is 8.03. The Balaban J connectivity index is 1.60. The van der Waals surface area contributed by atoms with Gasteiger partial charge in [0.15, 0.2) is 6.10 Å². The summed E-state index contributed by atoms with van der Waals surface area (Å²) >= 11 is 0. The normalized spacial score (nSPS) is 18.5. The lowest BCUT2D eigenvalue weighted by molar-refractivity contribution is -0.0189. The predicted octanol–water partition coefficient (Wildman–Crippen LogP) is 3.85. The molecule has 150 valence electrons. The number of hydrogen-bond donors (Lipinski definition) is 0. The molecule has 2 heterocycles. The Morgan fingerprint density at radius 1 is 1.25 bits per heavy atom.